The lowest BCUT2D eigenvalue weighted by atomic mass is 10.2. The number of nitrogens with one attached hydrogen (secondary N) is 1. The number of imidazole rings is 1. The van der Waals surface area contributed by atoms with Crippen molar-refractivity contribution < 1.29 is 13.9 Å². The maximum absolute atomic E-state index is 13.3. The van der Waals surface area contributed by atoms with Gasteiger partial charge in [0.15, 0.2) is 4.96 Å². The van der Waals surface area contributed by atoms with Gasteiger partial charge in [0.05, 0.1) is 17.8 Å². The van der Waals surface area contributed by atoms with Crippen molar-refractivity contribution in [3.63, 3.8) is 0 Å². The van der Waals surface area contributed by atoms with Crippen molar-refractivity contribution in [2.75, 3.05) is 12.4 Å². The van der Waals surface area contributed by atoms with Crippen LogP contribution in [0.4, 0.5) is 10.1 Å². The molecule has 5 nitrogen and oxygen atoms in total. The highest BCUT2D eigenvalue weighted by Gasteiger charge is 2.16. The molecular weight excluding hydrogens is 389 g/mol. The van der Waals surface area contributed by atoms with Crippen LogP contribution in [0.3, 0.4) is 0 Å². The Morgan fingerprint density at radius 3 is 2.74 bits per heavy atom. The number of carbonyl (C=O) groups is 1. The quantitative estimate of drug-likeness (QED) is 0.516. The molecule has 0 aliphatic rings. The Balaban J connectivity index is 1.62. The fraction of sp³-hybridized carbons (Fsp3) is 0.0526. The van der Waals surface area contributed by atoms with Gasteiger partial charge < -0.3 is 10.1 Å². The first kappa shape index (κ1) is 17.5. The van der Waals surface area contributed by atoms with E-state index in [1.54, 1.807) is 23.1 Å². The second kappa shape index (κ2) is 7.02. The molecule has 0 spiro atoms. The lowest BCUT2D eigenvalue weighted by molar-refractivity contribution is 0.102. The van der Waals surface area contributed by atoms with Gasteiger partial charge in [0, 0.05) is 22.8 Å². The third-order valence-corrected chi connectivity index (χ3v) is 5.13. The molecule has 2 aromatic carbocycles. The number of anilines is 1. The van der Waals surface area contributed by atoms with E-state index in [1.807, 2.05) is 24.3 Å². The van der Waals surface area contributed by atoms with Crippen LogP contribution in [0.25, 0.3) is 16.2 Å². The van der Waals surface area contributed by atoms with Crippen LogP contribution in [0.15, 0.2) is 54.0 Å². The van der Waals surface area contributed by atoms with Crippen molar-refractivity contribution in [2.24, 2.45) is 0 Å². The highest BCUT2D eigenvalue weighted by Crippen LogP contribution is 2.26. The second-order valence-electron chi connectivity index (χ2n) is 5.71. The number of amides is 1. The van der Waals surface area contributed by atoms with E-state index in [-0.39, 0.29) is 10.9 Å². The summed E-state index contributed by atoms with van der Waals surface area (Å²) in [7, 11) is 1.61. The number of rotatable bonds is 4. The molecule has 0 fully saturated rings. The summed E-state index contributed by atoms with van der Waals surface area (Å²) in [6.45, 7) is 0. The standard InChI is InChI=1S/C19H13ClFN3O2S/c1-26-13-5-2-11(3-6-13)16-9-24-17(10-27-19(24)23-16)18(25)22-12-4-7-15(21)14(20)8-12/h2-10H,1H3,(H,22,25). The summed E-state index contributed by atoms with van der Waals surface area (Å²) in [5, 5.41) is 4.39. The first-order valence-corrected chi connectivity index (χ1v) is 9.18. The van der Waals surface area contributed by atoms with E-state index in [1.165, 1.54) is 29.5 Å². The molecule has 136 valence electrons. The van der Waals surface area contributed by atoms with Gasteiger partial charge in [-0.25, -0.2) is 9.37 Å². The molecule has 2 heterocycles. The van der Waals surface area contributed by atoms with Crippen LogP contribution in [0.2, 0.25) is 5.02 Å². The van der Waals surface area contributed by atoms with E-state index in [4.69, 9.17) is 16.3 Å². The van der Waals surface area contributed by atoms with Crippen molar-refractivity contribution in [3.05, 3.63) is 70.6 Å². The summed E-state index contributed by atoms with van der Waals surface area (Å²) in [6.07, 6.45) is 1.81. The number of methoxy groups -OCH3 is 1. The summed E-state index contributed by atoms with van der Waals surface area (Å²) >= 11 is 7.12. The van der Waals surface area contributed by atoms with E-state index in [9.17, 15) is 9.18 Å². The first-order chi connectivity index (χ1) is 13.0. The van der Waals surface area contributed by atoms with Gasteiger partial charge in [-0.1, -0.05) is 11.6 Å². The van der Waals surface area contributed by atoms with Crippen molar-refractivity contribution in [1.29, 1.82) is 0 Å². The number of aromatic nitrogens is 2. The Kier molecular flexibility index (Phi) is 4.55. The van der Waals surface area contributed by atoms with Gasteiger partial charge in [-0.3, -0.25) is 9.20 Å². The van der Waals surface area contributed by atoms with E-state index < -0.39 is 5.82 Å². The molecule has 4 aromatic rings. The van der Waals surface area contributed by atoms with Gasteiger partial charge in [0.1, 0.15) is 17.3 Å². The van der Waals surface area contributed by atoms with Crippen LogP contribution >= 0.6 is 22.9 Å². The number of hydrogen-bond acceptors (Lipinski definition) is 4. The fourth-order valence-electron chi connectivity index (χ4n) is 2.62. The third-order valence-electron chi connectivity index (χ3n) is 4.00. The van der Waals surface area contributed by atoms with Gasteiger partial charge in [0.2, 0.25) is 0 Å². The maximum Gasteiger partial charge on any atom is 0.273 e. The minimum Gasteiger partial charge on any atom is -0.497 e. The zero-order chi connectivity index (χ0) is 19.0. The Bertz CT molecular complexity index is 1140. The number of benzene rings is 2. The van der Waals surface area contributed by atoms with Crippen molar-refractivity contribution in [3.8, 4) is 17.0 Å². The van der Waals surface area contributed by atoms with Gasteiger partial charge in [-0.15, -0.1) is 11.3 Å². The van der Waals surface area contributed by atoms with Gasteiger partial charge in [-0.05, 0) is 42.5 Å². The Morgan fingerprint density at radius 1 is 1.26 bits per heavy atom. The summed E-state index contributed by atoms with van der Waals surface area (Å²) in [6, 6.07) is 11.6. The van der Waals surface area contributed by atoms with E-state index >= 15 is 0 Å². The topological polar surface area (TPSA) is 55.6 Å². The summed E-state index contributed by atoms with van der Waals surface area (Å²) in [5.41, 5.74) is 2.52. The number of hydrogen-bond donors (Lipinski definition) is 1. The molecule has 0 atom stereocenters. The number of carbonyl (C=O) groups excluding carboxylic acids is 1. The van der Waals surface area contributed by atoms with Crippen molar-refractivity contribution >= 4 is 39.5 Å². The summed E-state index contributed by atoms with van der Waals surface area (Å²) < 4.78 is 20.2. The molecular formula is C19H13ClFN3O2S. The monoisotopic (exact) mass is 401 g/mol. The third kappa shape index (κ3) is 3.39. The number of fused-ring (bicyclic) bond motifs is 1. The Labute approximate surface area is 163 Å². The molecule has 2 aromatic heterocycles. The molecule has 0 aliphatic heterocycles. The largest absolute Gasteiger partial charge is 0.497 e. The summed E-state index contributed by atoms with van der Waals surface area (Å²) in [5.74, 6) is -0.105. The van der Waals surface area contributed by atoms with Gasteiger partial charge >= 0.3 is 0 Å². The number of thiazole rings is 1. The van der Waals surface area contributed by atoms with E-state index in [0.29, 0.717) is 16.3 Å². The Morgan fingerprint density at radius 2 is 2.04 bits per heavy atom. The predicted octanol–water partition coefficient (Wildman–Crippen LogP) is 5.12. The van der Waals surface area contributed by atoms with Crippen LogP contribution in [0, 0.1) is 5.82 Å². The Hall–Kier alpha value is -2.90. The average molecular weight is 402 g/mol. The van der Waals surface area contributed by atoms with Gasteiger partial charge in [0.25, 0.3) is 5.91 Å². The zero-order valence-electron chi connectivity index (χ0n) is 14.1. The second-order valence-corrected chi connectivity index (χ2v) is 6.95. The molecule has 4 rings (SSSR count). The van der Waals surface area contributed by atoms with Crippen LogP contribution in [-0.2, 0) is 0 Å². The van der Waals surface area contributed by atoms with Crippen LogP contribution in [0.1, 0.15) is 10.5 Å². The van der Waals surface area contributed by atoms with Crippen LogP contribution in [0.5, 0.6) is 5.75 Å². The van der Waals surface area contributed by atoms with Gasteiger partial charge in [-0.2, -0.15) is 0 Å². The summed E-state index contributed by atoms with van der Waals surface area (Å²) in [4.78, 5) is 17.9. The smallest absolute Gasteiger partial charge is 0.273 e. The minimum absolute atomic E-state index is 0.0484. The molecule has 1 amide bonds. The average Bonchev–Trinajstić information content (AvgIpc) is 3.25. The molecule has 0 aliphatic carbocycles. The molecule has 0 bridgehead atoms. The zero-order valence-corrected chi connectivity index (χ0v) is 15.6. The van der Waals surface area contributed by atoms with Crippen molar-refractivity contribution in [1.82, 2.24) is 9.38 Å². The maximum atomic E-state index is 13.3. The normalized spacial score (nSPS) is 10.9. The van der Waals surface area contributed by atoms with Crippen LogP contribution in [-0.4, -0.2) is 22.4 Å². The number of ether oxygens (including phenoxy) is 1. The first-order valence-electron chi connectivity index (χ1n) is 7.92. The fourth-order valence-corrected chi connectivity index (χ4v) is 3.65. The SMILES string of the molecule is COc1ccc(-c2cn3c(C(=O)Nc4ccc(F)c(Cl)c4)csc3n2)cc1. The lowest BCUT2D eigenvalue weighted by Crippen LogP contribution is -2.13. The molecule has 8 heteroatoms. The molecule has 0 radical (unpaired) electrons. The molecule has 0 unspecified atom stereocenters. The van der Waals surface area contributed by atoms with Crippen LogP contribution < -0.4 is 10.1 Å². The molecule has 1 N–H and O–H groups in total. The molecule has 27 heavy (non-hydrogen) atoms. The molecule has 0 saturated heterocycles. The molecule has 0 saturated carbocycles. The van der Waals surface area contributed by atoms with Crippen molar-refractivity contribution in [2.45, 2.75) is 0 Å². The predicted molar refractivity (Wildman–Crippen MR) is 104 cm³/mol. The lowest BCUT2D eigenvalue weighted by Gasteiger charge is -2.05. The highest BCUT2D eigenvalue weighted by atomic mass is 35.5. The van der Waals surface area contributed by atoms with E-state index in [2.05, 4.69) is 10.3 Å². The minimum atomic E-state index is -0.536. The van der Waals surface area contributed by atoms with E-state index in [0.717, 1.165) is 17.0 Å². The highest BCUT2D eigenvalue weighted by molar-refractivity contribution is 7.15. The number of nitrogens with zero attached hydrogens (tertiary/aromatic N) is 2. The number of halogens is 2.